The molecule has 1 amide bonds. The van der Waals surface area contributed by atoms with Crippen molar-refractivity contribution < 1.29 is 13.6 Å². The molecule has 0 bridgehead atoms. The van der Waals surface area contributed by atoms with Crippen LogP contribution in [-0.4, -0.2) is 15.5 Å². The number of para-hydroxylation sites is 1. The molecule has 2 rings (SSSR count). The third-order valence-corrected chi connectivity index (χ3v) is 4.23. The molecule has 1 atom stereocenters. The van der Waals surface area contributed by atoms with Crippen molar-refractivity contribution in [2.45, 2.75) is 39.5 Å². The molecule has 0 aliphatic heterocycles. The Morgan fingerprint density at radius 1 is 1.26 bits per heavy atom. The Hall–Kier alpha value is -1.89. The van der Waals surface area contributed by atoms with Gasteiger partial charge >= 0.3 is 0 Å². The van der Waals surface area contributed by atoms with Crippen LogP contribution in [0.5, 0.6) is 0 Å². The summed E-state index contributed by atoms with van der Waals surface area (Å²) in [6.07, 6.45) is -1.85. The number of amides is 1. The van der Waals surface area contributed by atoms with Crippen molar-refractivity contribution in [2.75, 3.05) is 5.32 Å². The third-order valence-electron chi connectivity index (χ3n) is 3.49. The van der Waals surface area contributed by atoms with E-state index in [0.717, 1.165) is 12.0 Å². The number of carbonyl (C=O) groups excluding carboxylic acids is 1. The van der Waals surface area contributed by atoms with E-state index in [-0.39, 0.29) is 10.8 Å². The molecule has 1 unspecified atom stereocenters. The van der Waals surface area contributed by atoms with Crippen molar-refractivity contribution in [3.05, 3.63) is 40.4 Å². The number of hydrogen-bond donors (Lipinski definition) is 1. The lowest BCUT2D eigenvalue weighted by molar-refractivity contribution is 0.101. The van der Waals surface area contributed by atoms with Crippen LogP contribution >= 0.6 is 11.5 Å². The molecule has 1 aromatic carbocycles. The van der Waals surface area contributed by atoms with Gasteiger partial charge in [0.25, 0.3) is 12.3 Å². The van der Waals surface area contributed by atoms with E-state index >= 15 is 0 Å². The van der Waals surface area contributed by atoms with E-state index in [1.165, 1.54) is 0 Å². The third kappa shape index (κ3) is 4.31. The van der Waals surface area contributed by atoms with Gasteiger partial charge in [-0.05, 0) is 41.4 Å². The molecular formula is C16H19F2N3OS. The zero-order valence-corrected chi connectivity index (χ0v) is 14.0. The summed E-state index contributed by atoms with van der Waals surface area (Å²) in [5.74, 6) is 0.171. The van der Waals surface area contributed by atoms with Gasteiger partial charge in [0, 0.05) is 5.69 Å². The fourth-order valence-electron chi connectivity index (χ4n) is 2.55. The van der Waals surface area contributed by atoms with Gasteiger partial charge in [-0.25, -0.2) is 8.78 Å². The van der Waals surface area contributed by atoms with E-state index in [9.17, 15) is 13.6 Å². The zero-order valence-electron chi connectivity index (χ0n) is 13.2. The number of anilines is 1. The maximum absolute atomic E-state index is 12.8. The number of nitrogens with zero attached hydrogens (tertiary/aromatic N) is 2. The van der Waals surface area contributed by atoms with Crippen molar-refractivity contribution in [1.82, 2.24) is 9.59 Å². The van der Waals surface area contributed by atoms with Crippen LogP contribution in [0.2, 0.25) is 0 Å². The lowest BCUT2D eigenvalue weighted by atomic mass is 9.91. The normalized spacial score (nSPS) is 12.7. The number of aromatic nitrogens is 2. The SMILES string of the molecule is CC(C)CC(C)c1ccccc1NC(=O)c1snnc1C(F)F. The molecular weight excluding hydrogens is 320 g/mol. The van der Waals surface area contributed by atoms with Gasteiger partial charge in [-0.1, -0.05) is 43.5 Å². The summed E-state index contributed by atoms with van der Waals surface area (Å²) >= 11 is 0.677. The molecule has 0 aliphatic rings. The lowest BCUT2D eigenvalue weighted by Gasteiger charge is -2.18. The van der Waals surface area contributed by atoms with Crippen LogP contribution < -0.4 is 5.32 Å². The average molecular weight is 339 g/mol. The summed E-state index contributed by atoms with van der Waals surface area (Å²) < 4.78 is 29.1. The number of nitrogens with one attached hydrogen (secondary N) is 1. The topological polar surface area (TPSA) is 54.9 Å². The van der Waals surface area contributed by atoms with Gasteiger partial charge in [0.2, 0.25) is 0 Å². The van der Waals surface area contributed by atoms with Crippen LogP contribution in [0.3, 0.4) is 0 Å². The van der Waals surface area contributed by atoms with E-state index in [0.29, 0.717) is 23.1 Å². The smallest absolute Gasteiger partial charge is 0.283 e. The molecule has 7 heteroatoms. The summed E-state index contributed by atoms with van der Waals surface area (Å²) in [5.41, 5.74) is 1.06. The summed E-state index contributed by atoms with van der Waals surface area (Å²) in [7, 11) is 0. The van der Waals surface area contributed by atoms with E-state index in [2.05, 4.69) is 35.7 Å². The molecule has 0 radical (unpaired) electrons. The number of alkyl halides is 2. The predicted molar refractivity (Wildman–Crippen MR) is 87.1 cm³/mol. The Balaban J connectivity index is 2.23. The standard InChI is InChI=1S/C16H19F2N3OS/c1-9(2)8-10(3)11-6-4-5-7-12(11)19-16(22)14-13(15(17)18)20-21-23-14/h4-7,9-10,15H,8H2,1-3H3,(H,19,22). The summed E-state index contributed by atoms with van der Waals surface area (Å²) in [4.78, 5) is 12.1. The Morgan fingerprint density at radius 2 is 1.96 bits per heavy atom. The number of rotatable bonds is 6. The largest absolute Gasteiger partial charge is 0.321 e. The fourth-order valence-corrected chi connectivity index (χ4v) is 3.12. The second kappa shape index (κ2) is 7.59. The fraction of sp³-hybridized carbons (Fsp3) is 0.438. The molecule has 0 saturated heterocycles. The lowest BCUT2D eigenvalue weighted by Crippen LogP contribution is -2.15. The van der Waals surface area contributed by atoms with Crippen LogP contribution in [0.1, 0.15) is 60.5 Å². The van der Waals surface area contributed by atoms with Crippen molar-refractivity contribution in [3.63, 3.8) is 0 Å². The molecule has 1 heterocycles. The first-order chi connectivity index (χ1) is 10.9. The molecule has 124 valence electrons. The first-order valence-electron chi connectivity index (χ1n) is 7.40. The van der Waals surface area contributed by atoms with E-state index in [4.69, 9.17) is 0 Å². The highest BCUT2D eigenvalue weighted by Gasteiger charge is 2.24. The Kier molecular flexibility index (Phi) is 5.76. The quantitative estimate of drug-likeness (QED) is 0.816. The van der Waals surface area contributed by atoms with Gasteiger partial charge in [0.15, 0.2) is 5.69 Å². The van der Waals surface area contributed by atoms with Gasteiger partial charge < -0.3 is 5.32 Å². The van der Waals surface area contributed by atoms with Crippen LogP contribution in [0.4, 0.5) is 14.5 Å². The van der Waals surface area contributed by atoms with E-state index in [1.807, 2.05) is 12.1 Å². The van der Waals surface area contributed by atoms with Crippen LogP contribution in [0.15, 0.2) is 24.3 Å². The number of carbonyl (C=O) groups is 1. The number of halogens is 2. The monoisotopic (exact) mass is 339 g/mol. The van der Waals surface area contributed by atoms with Gasteiger partial charge in [0.1, 0.15) is 4.88 Å². The summed E-state index contributed by atoms with van der Waals surface area (Å²) in [6, 6.07) is 7.43. The van der Waals surface area contributed by atoms with Gasteiger partial charge in [-0.15, -0.1) is 5.10 Å². The average Bonchev–Trinajstić information content (AvgIpc) is 2.96. The molecule has 0 aliphatic carbocycles. The second-order valence-electron chi connectivity index (χ2n) is 5.86. The summed E-state index contributed by atoms with van der Waals surface area (Å²) in [6.45, 7) is 6.36. The minimum absolute atomic E-state index is 0.147. The molecule has 0 spiro atoms. The minimum atomic E-state index is -2.82. The number of benzene rings is 1. The highest BCUT2D eigenvalue weighted by molar-refractivity contribution is 7.08. The van der Waals surface area contributed by atoms with Crippen molar-refractivity contribution >= 4 is 23.1 Å². The van der Waals surface area contributed by atoms with Crippen molar-refractivity contribution in [3.8, 4) is 0 Å². The first-order valence-corrected chi connectivity index (χ1v) is 8.18. The minimum Gasteiger partial charge on any atom is -0.321 e. The van der Waals surface area contributed by atoms with E-state index < -0.39 is 18.0 Å². The van der Waals surface area contributed by atoms with Crippen molar-refractivity contribution in [1.29, 1.82) is 0 Å². The molecule has 23 heavy (non-hydrogen) atoms. The van der Waals surface area contributed by atoms with Gasteiger partial charge in [-0.2, -0.15) is 0 Å². The van der Waals surface area contributed by atoms with E-state index in [1.54, 1.807) is 12.1 Å². The molecule has 2 aromatic rings. The predicted octanol–water partition coefficient (Wildman–Crippen LogP) is 4.88. The van der Waals surface area contributed by atoms with Crippen LogP contribution in [0.25, 0.3) is 0 Å². The summed E-state index contributed by atoms with van der Waals surface area (Å²) in [5, 5.41) is 6.05. The highest BCUT2D eigenvalue weighted by atomic mass is 32.1. The van der Waals surface area contributed by atoms with Gasteiger partial charge in [0.05, 0.1) is 0 Å². The maximum Gasteiger partial charge on any atom is 0.283 e. The van der Waals surface area contributed by atoms with Crippen LogP contribution in [-0.2, 0) is 0 Å². The Morgan fingerprint density at radius 3 is 2.61 bits per heavy atom. The molecule has 1 N–H and O–H groups in total. The molecule has 0 saturated carbocycles. The second-order valence-corrected chi connectivity index (χ2v) is 6.61. The Bertz CT molecular complexity index is 673. The number of hydrogen-bond acceptors (Lipinski definition) is 4. The van der Waals surface area contributed by atoms with Crippen LogP contribution in [0, 0.1) is 5.92 Å². The maximum atomic E-state index is 12.8. The first kappa shape index (κ1) is 17.5. The van der Waals surface area contributed by atoms with Crippen molar-refractivity contribution in [2.24, 2.45) is 5.92 Å². The Labute approximate surface area is 138 Å². The molecule has 1 aromatic heterocycles. The highest BCUT2D eigenvalue weighted by Crippen LogP contribution is 2.30. The zero-order chi connectivity index (χ0) is 17.0. The molecule has 4 nitrogen and oxygen atoms in total. The molecule has 0 fully saturated rings. The van der Waals surface area contributed by atoms with Gasteiger partial charge in [-0.3, -0.25) is 4.79 Å².